The van der Waals surface area contributed by atoms with E-state index >= 15 is 0 Å². The van der Waals surface area contributed by atoms with Crippen molar-refractivity contribution in [2.75, 3.05) is 57.0 Å². The topological polar surface area (TPSA) is 107 Å². The Hall–Kier alpha value is -4.54. The van der Waals surface area contributed by atoms with Crippen molar-refractivity contribution in [2.45, 2.75) is 38.5 Å². The molecule has 2 aliphatic rings. The van der Waals surface area contributed by atoms with Gasteiger partial charge in [0.05, 0.1) is 29.6 Å². The molecule has 0 amide bonds. The van der Waals surface area contributed by atoms with E-state index in [1.54, 1.807) is 0 Å². The van der Waals surface area contributed by atoms with Gasteiger partial charge >= 0.3 is 0 Å². The Kier molecular flexibility index (Phi) is 12.1. The van der Waals surface area contributed by atoms with Gasteiger partial charge in [0.15, 0.2) is 0 Å². The molecule has 0 spiro atoms. The first-order valence-corrected chi connectivity index (χ1v) is 20.7. The Balaban J connectivity index is 1.04. The van der Waals surface area contributed by atoms with E-state index in [1.807, 2.05) is 91.1 Å². The van der Waals surface area contributed by atoms with Crippen LogP contribution in [-0.2, 0) is 36.1 Å². The van der Waals surface area contributed by atoms with E-state index in [9.17, 15) is 13.5 Å². The molecular weight excluding hydrogens is 718 g/mol. The summed E-state index contributed by atoms with van der Waals surface area (Å²) in [5.41, 5.74) is 7.33. The van der Waals surface area contributed by atoms with Crippen LogP contribution < -0.4 is 10.2 Å². The lowest BCUT2D eigenvalue weighted by atomic mass is 10.0. The third-order valence-corrected chi connectivity index (χ3v) is 11.8. The van der Waals surface area contributed by atoms with Crippen LogP contribution >= 0.6 is 11.6 Å². The van der Waals surface area contributed by atoms with E-state index in [0.29, 0.717) is 30.1 Å². The predicted molar refractivity (Wildman–Crippen MR) is 215 cm³/mol. The number of benzene rings is 3. The highest BCUT2D eigenvalue weighted by molar-refractivity contribution is 7.88. The van der Waals surface area contributed by atoms with Gasteiger partial charge in [-0.05, 0) is 53.9 Å². The maximum Gasteiger partial charge on any atom is 0.211 e. The summed E-state index contributed by atoms with van der Waals surface area (Å²) in [5.74, 6) is 7.55. The number of aliphatic hydroxyl groups is 1. The molecule has 12 heteroatoms. The fourth-order valence-corrected chi connectivity index (χ4v) is 8.13. The smallest absolute Gasteiger partial charge is 0.211 e. The van der Waals surface area contributed by atoms with Crippen LogP contribution in [0.4, 0.5) is 5.82 Å². The van der Waals surface area contributed by atoms with Crippen molar-refractivity contribution < 1.29 is 13.5 Å². The van der Waals surface area contributed by atoms with Gasteiger partial charge in [0.25, 0.3) is 0 Å². The quantitative estimate of drug-likeness (QED) is 0.164. The molecule has 5 aromatic rings. The molecule has 280 valence electrons. The van der Waals surface area contributed by atoms with Crippen LogP contribution in [0.25, 0.3) is 11.3 Å². The van der Waals surface area contributed by atoms with E-state index in [4.69, 9.17) is 16.7 Å². The highest BCUT2D eigenvalue weighted by Crippen LogP contribution is 2.33. The van der Waals surface area contributed by atoms with Crippen molar-refractivity contribution in [3.63, 3.8) is 0 Å². The zero-order valence-corrected chi connectivity index (χ0v) is 32.1. The molecule has 0 aliphatic carbocycles. The number of hydrogen-bond acceptors (Lipinski definition) is 8. The second-order valence-electron chi connectivity index (χ2n) is 13.9. The summed E-state index contributed by atoms with van der Waals surface area (Å²) in [6.45, 7) is 6.93. The number of piperazine rings is 1. The van der Waals surface area contributed by atoms with Gasteiger partial charge in [-0.2, -0.15) is 9.40 Å². The number of hydrogen-bond donors (Lipinski definition) is 2. The second-order valence-corrected chi connectivity index (χ2v) is 16.3. The Morgan fingerprint density at radius 2 is 1.69 bits per heavy atom. The van der Waals surface area contributed by atoms with Gasteiger partial charge in [0, 0.05) is 99.5 Å². The van der Waals surface area contributed by atoms with Gasteiger partial charge in [-0.1, -0.05) is 78.0 Å². The number of anilines is 1. The van der Waals surface area contributed by atoms with Gasteiger partial charge in [-0.15, -0.1) is 0 Å². The summed E-state index contributed by atoms with van der Waals surface area (Å²) in [6.07, 6.45) is 4.66. The number of sulfonamides is 1. The number of nitrogens with one attached hydrogen (secondary N) is 1. The Morgan fingerprint density at radius 1 is 0.907 bits per heavy atom. The normalized spacial score (nSPS) is 15.7. The van der Waals surface area contributed by atoms with E-state index in [2.05, 4.69) is 42.7 Å². The maximum absolute atomic E-state index is 12.6. The summed E-state index contributed by atoms with van der Waals surface area (Å²) < 4.78 is 28.9. The fraction of sp³-hybridized carbons (Fsp3) is 0.333. The third kappa shape index (κ3) is 9.21. The van der Waals surface area contributed by atoms with E-state index in [0.717, 1.165) is 90.7 Å². The lowest BCUT2D eigenvalue weighted by Gasteiger charge is -2.35. The number of rotatable bonds is 12. The number of aliphatic hydroxyl groups excluding tert-OH is 1. The first-order chi connectivity index (χ1) is 26.2. The van der Waals surface area contributed by atoms with Crippen LogP contribution in [0, 0.1) is 11.8 Å². The lowest BCUT2D eigenvalue weighted by molar-refractivity contribution is 0.243. The molecule has 0 unspecified atom stereocenters. The predicted octanol–water partition coefficient (Wildman–Crippen LogP) is 5.35. The zero-order chi connectivity index (χ0) is 37.5. The molecule has 1 fully saturated rings. The van der Waals surface area contributed by atoms with Crippen molar-refractivity contribution in [1.82, 2.24) is 29.3 Å². The van der Waals surface area contributed by atoms with Crippen LogP contribution in [0.1, 0.15) is 46.0 Å². The third-order valence-electron chi connectivity index (χ3n) is 10.2. The highest BCUT2D eigenvalue weighted by Gasteiger charge is 2.30. The molecule has 10 nitrogen and oxygen atoms in total. The SMILES string of the molecule is CS(=O)(=O)N1CCc2c(c(-c3ccc(Cl)c(C#Cc4ccc(CN[C@H](CO)c5ccccc5)cc4)c3)nn2CCCN2CCN(c3ccccn3)CC2)C1. The van der Waals surface area contributed by atoms with Crippen molar-refractivity contribution in [2.24, 2.45) is 0 Å². The van der Waals surface area contributed by atoms with Crippen molar-refractivity contribution >= 4 is 27.4 Å². The molecule has 1 saturated heterocycles. The lowest BCUT2D eigenvalue weighted by Crippen LogP contribution is -2.47. The summed E-state index contributed by atoms with van der Waals surface area (Å²) in [4.78, 5) is 9.34. The molecule has 3 aromatic carbocycles. The molecular formula is C42H46ClN7O3S. The summed E-state index contributed by atoms with van der Waals surface area (Å²) in [7, 11) is -3.37. The molecule has 2 aromatic heterocycles. The van der Waals surface area contributed by atoms with Crippen LogP contribution in [0.5, 0.6) is 0 Å². The summed E-state index contributed by atoms with van der Waals surface area (Å²) >= 11 is 6.67. The van der Waals surface area contributed by atoms with Crippen LogP contribution in [0.15, 0.2) is 97.2 Å². The monoisotopic (exact) mass is 763 g/mol. The second kappa shape index (κ2) is 17.3. The molecule has 54 heavy (non-hydrogen) atoms. The largest absolute Gasteiger partial charge is 0.394 e. The van der Waals surface area contributed by atoms with Crippen molar-refractivity contribution in [1.29, 1.82) is 0 Å². The van der Waals surface area contributed by atoms with E-state index < -0.39 is 10.0 Å². The van der Waals surface area contributed by atoms with Crippen molar-refractivity contribution in [3.8, 4) is 23.1 Å². The average molecular weight is 764 g/mol. The minimum absolute atomic E-state index is 0.0124. The molecule has 0 radical (unpaired) electrons. The van der Waals surface area contributed by atoms with Crippen LogP contribution in [0.2, 0.25) is 5.02 Å². The minimum Gasteiger partial charge on any atom is -0.394 e. The van der Waals surface area contributed by atoms with Crippen molar-refractivity contribution in [3.05, 3.63) is 136 Å². The molecule has 0 saturated carbocycles. The number of halogens is 1. The maximum atomic E-state index is 12.6. The first kappa shape index (κ1) is 37.8. The molecule has 7 rings (SSSR count). The molecule has 0 bridgehead atoms. The molecule has 2 aliphatic heterocycles. The number of fused-ring (bicyclic) bond motifs is 1. The average Bonchev–Trinajstić information content (AvgIpc) is 3.57. The fourth-order valence-electron chi connectivity index (χ4n) is 7.18. The minimum atomic E-state index is -3.37. The van der Waals surface area contributed by atoms with Gasteiger partial charge in [-0.3, -0.25) is 9.58 Å². The summed E-state index contributed by atoms with van der Waals surface area (Å²) in [6, 6.07) is 29.6. The van der Waals surface area contributed by atoms with E-state index in [1.165, 1.54) is 10.6 Å². The number of pyridine rings is 1. The Bertz CT molecular complexity index is 2200. The zero-order valence-electron chi connectivity index (χ0n) is 30.5. The first-order valence-electron chi connectivity index (χ1n) is 18.5. The number of aromatic nitrogens is 3. The molecule has 2 N–H and O–H groups in total. The van der Waals surface area contributed by atoms with Gasteiger partial charge in [0.1, 0.15) is 5.82 Å². The summed E-state index contributed by atoms with van der Waals surface area (Å²) in [5, 5.41) is 19.0. The Morgan fingerprint density at radius 3 is 2.41 bits per heavy atom. The molecule has 1 atom stereocenters. The van der Waals surface area contributed by atoms with Gasteiger partial charge in [0.2, 0.25) is 10.0 Å². The van der Waals surface area contributed by atoms with Crippen LogP contribution in [-0.4, -0.2) is 89.6 Å². The Labute approximate surface area is 323 Å². The standard InChI is InChI=1S/C42H46ClN7O3S/c1-54(52,53)49-23-19-40-37(30-49)42(46-50(40)22-7-21-47-24-26-48(27-25-47)41-10-5-6-20-44-41)36-17-18-38(43)35(28-36)16-15-32-11-13-33(14-12-32)29-45-39(31-51)34-8-3-2-4-9-34/h2-6,8-14,17-18,20,28,39,45,51H,7,19,21-27,29-31H2,1H3/t39-/m1/s1. The highest BCUT2D eigenvalue weighted by atomic mass is 35.5. The van der Waals surface area contributed by atoms with Gasteiger partial charge < -0.3 is 15.3 Å². The number of nitrogens with zero attached hydrogens (tertiary/aromatic N) is 6. The van der Waals surface area contributed by atoms with Crippen LogP contribution in [0.3, 0.4) is 0 Å². The molecule has 4 heterocycles. The van der Waals surface area contributed by atoms with Gasteiger partial charge in [-0.25, -0.2) is 13.4 Å². The van der Waals surface area contributed by atoms with E-state index in [-0.39, 0.29) is 19.2 Å². The number of aryl methyl sites for hydroxylation is 1.